The normalized spacial score (nSPS) is 12.5. The summed E-state index contributed by atoms with van der Waals surface area (Å²) in [5.41, 5.74) is 9.65. The van der Waals surface area contributed by atoms with Gasteiger partial charge in [-0.25, -0.2) is 0 Å². The van der Waals surface area contributed by atoms with Crippen LogP contribution in [0.25, 0.3) is 10.8 Å². The molecule has 3 aromatic rings. The molecule has 0 radical (unpaired) electrons. The molecule has 2 N–H and O–H groups in total. The largest absolute Gasteiger partial charge is 0.320 e. The maximum absolute atomic E-state index is 6.39. The third-order valence-corrected chi connectivity index (χ3v) is 3.30. The molecular formula is C16H15N3. The van der Waals surface area contributed by atoms with Gasteiger partial charge in [0.05, 0.1) is 6.04 Å². The van der Waals surface area contributed by atoms with E-state index in [1.54, 1.807) is 6.20 Å². The van der Waals surface area contributed by atoms with E-state index in [9.17, 15) is 0 Å². The van der Waals surface area contributed by atoms with Crippen LogP contribution < -0.4 is 5.73 Å². The van der Waals surface area contributed by atoms with Gasteiger partial charge >= 0.3 is 0 Å². The summed E-state index contributed by atoms with van der Waals surface area (Å²) in [7, 11) is 0. The molecule has 3 nitrogen and oxygen atoms in total. The van der Waals surface area contributed by atoms with Crippen molar-refractivity contribution in [2.75, 3.05) is 0 Å². The lowest BCUT2D eigenvalue weighted by Gasteiger charge is -2.15. The van der Waals surface area contributed by atoms with E-state index < -0.39 is 0 Å². The van der Waals surface area contributed by atoms with E-state index in [-0.39, 0.29) is 6.04 Å². The molecule has 3 rings (SSSR count). The molecule has 0 saturated heterocycles. The van der Waals surface area contributed by atoms with E-state index in [1.165, 1.54) is 0 Å². The van der Waals surface area contributed by atoms with Crippen molar-refractivity contribution < 1.29 is 0 Å². The van der Waals surface area contributed by atoms with Crippen LogP contribution in [0.3, 0.4) is 0 Å². The molecule has 94 valence electrons. The van der Waals surface area contributed by atoms with Crippen LogP contribution in [0.1, 0.15) is 22.7 Å². The summed E-state index contributed by atoms with van der Waals surface area (Å²) in [4.78, 5) is 8.37. The summed E-state index contributed by atoms with van der Waals surface area (Å²) in [5.74, 6) is 0. The zero-order chi connectivity index (χ0) is 13.2. The summed E-state index contributed by atoms with van der Waals surface area (Å²) in [6, 6.07) is 10.1. The lowest BCUT2D eigenvalue weighted by molar-refractivity contribution is 0.869. The number of hydrogen-bond acceptors (Lipinski definition) is 3. The van der Waals surface area contributed by atoms with E-state index >= 15 is 0 Å². The van der Waals surface area contributed by atoms with Gasteiger partial charge in [0.1, 0.15) is 0 Å². The number of aryl methyl sites for hydroxylation is 1. The Morgan fingerprint density at radius 3 is 2.79 bits per heavy atom. The molecule has 0 aliphatic carbocycles. The first-order chi connectivity index (χ1) is 9.25. The van der Waals surface area contributed by atoms with Gasteiger partial charge in [-0.3, -0.25) is 9.97 Å². The minimum Gasteiger partial charge on any atom is -0.320 e. The number of hydrogen-bond donors (Lipinski definition) is 1. The van der Waals surface area contributed by atoms with Crippen molar-refractivity contribution >= 4 is 10.8 Å². The SMILES string of the molecule is Cc1cncc(C(N)c2cccc3cnccc23)c1. The number of benzene rings is 1. The second-order valence-corrected chi connectivity index (χ2v) is 4.72. The lowest BCUT2D eigenvalue weighted by Crippen LogP contribution is -2.12. The standard InChI is InChI=1S/C16H15N3/c1-11-7-13(10-19-8-11)16(17)15-4-2-3-12-9-18-6-5-14(12)15/h2-10,16H,17H2,1H3. The van der Waals surface area contributed by atoms with Crippen molar-refractivity contribution in [3.05, 3.63) is 71.8 Å². The fourth-order valence-corrected chi connectivity index (χ4v) is 2.35. The average molecular weight is 249 g/mol. The molecule has 0 bridgehead atoms. The molecule has 19 heavy (non-hydrogen) atoms. The Morgan fingerprint density at radius 1 is 1.05 bits per heavy atom. The molecule has 0 spiro atoms. The van der Waals surface area contributed by atoms with Crippen LogP contribution in [0.5, 0.6) is 0 Å². The molecule has 1 atom stereocenters. The van der Waals surface area contributed by atoms with Crippen molar-refractivity contribution in [1.82, 2.24) is 9.97 Å². The molecule has 2 heterocycles. The first kappa shape index (κ1) is 11.8. The van der Waals surface area contributed by atoms with Gasteiger partial charge in [0, 0.05) is 30.2 Å². The molecule has 3 heteroatoms. The third kappa shape index (κ3) is 2.20. The molecule has 0 saturated carbocycles. The van der Waals surface area contributed by atoms with Gasteiger partial charge in [-0.2, -0.15) is 0 Å². The first-order valence-corrected chi connectivity index (χ1v) is 6.25. The Morgan fingerprint density at radius 2 is 1.95 bits per heavy atom. The van der Waals surface area contributed by atoms with Gasteiger partial charge in [-0.05, 0) is 35.1 Å². The van der Waals surface area contributed by atoms with Crippen molar-refractivity contribution in [3.8, 4) is 0 Å². The van der Waals surface area contributed by atoms with Gasteiger partial charge < -0.3 is 5.73 Å². The Labute approximate surface area is 112 Å². The van der Waals surface area contributed by atoms with Crippen molar-refractivity contribution in [1.29, 1.82) is 0 Å². The molecule has 0 amide bonds. The van der Waals surface area contributed by atoms with E-state index in [4.69, 9.17) is 5.73 Å². The number of nitrogens with two attached hydrogens (primary N) is 1. The predicted molar refractivity (Wildman–Crippen MR) is 76.7 cm³/mol. The molecule has 2 aromatic heterocycles. The maximum atomic E-state index is 6.39. The van der Waals surface area contributed by atoms with Crippen LogP contribution in [0, 0.1) is 6.92 Å². The van der Waals surface area contributed by atoms with Crippen LogP contribution in [-0.2, 0) is 0 Å². The van der Waals surface area contributed by atoms with Crippen LogP contribution in [0.4, 0.5) is 0 Å². The number of fused-ring (bicyclic) bond motifs is 1. The number of pyridine rings is 2. The van der Waals surface area contributed by atoms with E-state index in [1.807, 2.05) is 43.7 Å². The van der Waals surface area contributed by atoms with Gasteiger partial charge in [0.25, 0.3) is 0 Å². The first-order valence-electron chi connectivity index (χ1n) is 6.25. The van der Waals surface area contributed by atoms with E-state index in [0.717, 1.165) is 27.5 Å². The summed E-state index contributed by atoms with van der Waals surface area (Å²) in [6.45, 7) is 2.02. The number of nitrogens with zero attached hydrogens (tertiary/aromatic N) is 2. The molecule has 0 aliphatic rings. The average Bonchev–Trinajstić information content (AvgIpc) is 2.46. The van der Waals surface area contributed by atoms with Crippen LogP contribution in [0.2, 0.25) is 0 Å². The number of rotatable bonds is 2. The Kier molecular flexibility index (Phi) is 2.97. The van der Waals surface area contributed by atoms with Crippen LogP contribution >= 0.6 is 0 Å². The summed E-state index contributed by atoms with van der Waals surface area (Å²) in [6.07, 6.45) is 7.33. The lowest BCUT2D eigenvalue weighted by atomic mass is 9.95. The minimum absolute atomic E-state index is 0.168. The topological polar surface area (TPSA) is 51.8 Å². The van der Waals surface area contributed by atoms with Gasteiger partial charge in [0.2, 0.25) is 0 Å². The third-order valence-electron chi connectivity index (χ3n) is 3.30. The maximum Gasteiger partial charge on any atom is 0.0573 e. The smallest absolute Gasteiger partial charge is 0.0573 e. The second kappa shape index (κ2) is 4.78. The second-order valence-electron chi connectivity index (χ2n) is 4.72. The highest BCUT2D eigenvalue weighted by molar-refractivity contribution is 5.85. The fraction of sp³-hybridized carbons (Fsp3) is 0.125. The van der Waals surface area contributed by atoms with E-state index in [2.05, 4.69) is 22.1 Å². The summed E-state index contributed by atoms with van der Waals surface area (Å²) in [5, 5.41) is 2.25. The van der Waals surface area contributed by atoms with Crippen molar-refractivity contribution in [3.63, 3.8) is 0 Å². The highest BCUT2D eigenvalue weighted by atomic mass is 14.7. The zero-order valence-electron chi connectivity index (χ0n) is 10.7. The van der Waals surface area contributed by atoms with Crippen LogP contribution in [0.15, 0.2) is 55.1 Å². The molecule has 0 fully saturated rings. The minimum atomic E-state index is -0.168. The Bertz CT molecular complexity index is 717. The van der Waals surface area contributed by atoms with Gasteiger partial charge in [0.15, 0.2) is 0 Å². The zero-order valence-corrected chi connectivity index (χ0v) is 10.7. The predicted octanol–water partition coefficient (Wildman–Crippen LogP) is 2.99. The van der Waals surface area contributed by atoms with Gasteiger partial charge in [-0.15, -0.1) is 0 Å². The monoisotopic (exact) mass is 249 g/mol. The number of aromatic nitrogens is 2. The van der Waals surface area contributed by atoms with Crippen LogP contribution in [-0.4, -0.2) is 9.97 Å². The van der Waals surface area contributed by atoms with E-state index in [0.29, 0.717) is 0 Å². The molecule has 1 aromatic carbocycles. The highest BCUT2D eigenvalue weighted by Gasteiger charge is 2.12. The van der Waals surface area contributed by atoms with Gasteiger partial charge in [-0.1, -0.05) is 24.3 Å². The molecule has 0 aliphatic heterocycles. The van der Waals surface area contributed by atoms with Crippen molar-refractivity contribution in [2.45, 2.75) is 13.0 Å². The quantitative estimate of drug-likeness (QED) is 0.759. The Balaban J connectivity index is 2.14. The fourth-order valence-electron chi connectivity index (χ4n) is 2.35. The van der Waals surface area contributed by atoms with Crippen molar-refractivity contribution in [2.24, 2.45) is 5.73 Å². The highest BCUT2D eigenvalue weighted by Crippen LogP contribution is 2.26. The summed E-state index contributed by atoms with van der Waals surface area (Å²) >= 11 is 0. The molecular weight excluding hydrogens is 234 g/mol. The molecule has 1 unspecified atom stereocenters. The Hall–Kier alpha value is -2.26. The summed E-state index contributed by atoms with van der Waals surface area (Å²) < 4.78 is 0.